The van der Waals surface area contributed by atoms with E-state index < -0.39 is 15.9 Å². The predicted octanol–water partition coefficient (Wildman–Crippen LogP) is 0.288. The lowest BCUT2D eigenvalue weighted by molar-refractivity contribution is 0.0423. The molecule has 7 nitrogen and oxygen atoms in total. The van der Waals surface area contributed by atoms with Gasteiger partial charge in [-0.2, -0.15) is 0 Å². The maximum atomic E-state index is 11.7. The van der Waals surface area contributed by atoms with Gasteiger partial charge < -0.3 is 14.6 Å². The third-order valence-corrected chi connectivity index (χ3v) is 7.10. The molecule has 146 valence electrons. The van der Waals surface area contributed by atoms with Crippen molar-refractivity contribution in [3.05, 3.63) is 23.3 Å². The van der Waals surface area contributed by atoms with Crippen LogP contribution in [0.3, 0.4) is 0 Å². The molecule has 0 aromatic heterocycles. The van der Waals surface area contributed by atoms with Gasteiger partial charge in [-0.25, -0.2) is 8.42 Å². The number of aliphatic hydroxyl groups excluding tert-OH is 1. The molecule has 2 fully saturated rings. The van der Waals surface area contributed by atoms with Gasteiger partial charge in [0.05, 0.1) is 37.9 Å². The van der Waals surface area contributed by atoms with Gasteiger partial charge in [0.2, 0.25) is 0 Å². The smallest absolute Gasteiger partial charge is 0.161 e. The summed E-state index contributed by atoms with van der Waals surface area (Å²) < 4.78 is 34.2. The number of hydrogen-bond donors (Lipinski definition) is 1. The molecule has 1 aromatic carbocycles. The monoisotopic (exact) mass is 384 g/mol. The average Bonchev–Trinajstić information content (AvgIpc) is 2.89. The molecule has 0 spiro atoms. The Labute approximate surface area is 155 Å². The van der Waals surface area contributed by atoms with Gasteiger partial charge in [-0.05, 0) is 30.2 Å². The fourth-order valence-corrected chi connectivity index (χ4v) is 5.68. The van der Waals surface area contributed by atoms with Gasteiger partial charge in [-0.15, -0.1) is 0 Å². The molecule has 2 atom stereocenters. The number of nitrogens with zero attached hydrogens (tertiary/aromatic N) is 2. The highest BCUT2D eigenvalue weighted by Crippen LogP contribution is 2.31. The Balaban J connectivity index is 1.61. The van der Waals surface area contributed by atoms with E-state index in [9.17, 15) is 13.5 Å². The van der Waals surface area contributed by atoms with Crippen LogP contribution in [0.1, 0.15) is 11.1 Å². The highest BCUT2D eigenvalue weighted by Gasteiger charge is 2.40. The topological polar surface area (TPSA) is 79.3 Å². The molecule has 0 saturated carbocycles. The first-order valence-corrected chi connectivity index (χ1v) is 10.7. The lowest BCUT2D eigenvalue weighted by Crippen LogP contribution is -2.53. The summed E-state index contributed by atoms with van der Waals surface area (Å²) in [4.78, 5) is 4.47. The Hall–Kier alpha value is -1.35. The van der Waals surface area contributed by atoms with Gasteiger partial charge in [-0.3, -0.25) is 9.80 Å². The highest BCUT2D eigenvalue weighted by atomic mass is 32.2. The zero-order valence-corrected chi connectivity index (χ0v) is 16.5. The molecule has 2 saturated heterocycles. The average molecular weight is 384 g/mol. The number of ether oxygens (including phenoxy) is 2. The number of rotatable bonds is 5. The van der Waals surface area contributed by atoms with E-state index in [-0.39, 0.29) is 17.5 Å². The maximum Gasteiger partial charge on any atom is 0.161 e. The summed E-state index contributed by atoms with van der Waals surface area (Å²) in [6, 6.07) is 3.75. The van der Waals surface area contributed by atoms with Gasteiger partial charge in [0.25, 0.3) is 0 Å². The Bertz CT molecular complexity index is 744. The first-order chi connectivity index (χ1) is 12.3. The second kappa shape index (κ2) is 7.72. The summed E-state index contributed by atoms with van der Waals surface area (Å²) in [5.41, 5.74) is 2.35. The third kappa shape index (κ3) is 4.14. The van der Waals surface area contributed by atoms with Gasteiger partial charge in [-0.1, -0.05) is 0 Å². The highest BCUT2D eigenvalue weighted by molar-refractivity contribution is 7.91. The van der Waals surface area contributed by atoms with E-state index in [4.69, 9.17) is 9.47 Å². The number of piperazine rings is 1. The molecule has 8 heteroatoms. The van der Waals surface area contributed by atoms with Crippen LogP contribution in [0.2, 0.25) is 0 Å². The van der Waals surface area contributed by atoms with Crippen LogP contribution in [-0.2, 0) is 16.4 Å². The first kappa shape index (κ1) is 19.4. The van der Waals surface area contributed by atoms with Crippen molar-refractivity contribution in [2.75, 3.05) is 51.9 Å². The summed E-state index contributed by atoms with van der Waals surface area (Å²) >= 11 is 0. The van der Waals surface area contributed by atoms with Crippen LogP contribution in [0.15, 0.2) is 12.1 Å². The molecule has 2 aliphatic rings. The second-order valence-electron chi connectivity index (χ2n) is 7.16. The molecule has 2 heterocycles. The zero-order chi connectivity index (χ0) is 18.9. The van der Waals surface area contributed by atoms with Gasteiger partial charge in [0.15, 0.2) is 21.3 Å². The van der Waals surface area contributed by atoms with Crippen molar-refractivity contribution in [1.82, 2.24) is 9.80 Å². The number of aliphatic hydroxyl groups is 1. The summed E-state index contributed by atoms with van der Waals surface area (Å²) in [6.07, 6.45) is -0.764. The van der Waals surface area contributed by atoms with Crippen LogP contribution in [0, 0.1) is 6.92 Å². The molecular formula is C18H28N2O5S. The maximum absolute atomic E-state index is 11.7. The number of hydrogen-bond acceptors (Lipinski definition) is 7. The SMILES string of the molecule is COc1cc(C)c(CN2CCN([C@@H]3CS(=O)(=O)C[C@H]3O)CC2)cc1OC. The van der Waals surface area contributed by atoms with Crippen molar-refractivity contribution in [3.63, 3.8) is 0 Å². The zero-order valence-electron chi connectivity index (χ0n) is 15.6. The molecule has 1 N–H and O–H groups in total. The van der Waals surface area contributed by atoms with Crippen LogP contribution >= 0.6 is 0 Å². The molecule has 0 unspecified atom stereocenters. The summed E-state index contributed by atoms with van der Waals surface area (Å²) in [7, 11) is 0.161. The van der Waals surface area contributed by atoms with Crippen LogP contribution in [-0.4, -0.2) is 87.4 Å². The first-order valence-electron chi connectivity index (χ1n) is 8.89. The fraction of sp³-hybridized carbons (Fsp3) is 0.667. The van der Waals surface area contributed by atoms with Gasteiger partial charge in [0.1, 0.15) is 0 Å². The Morgan fingerprint density at radius 3 is 2.23 bits per heavy atom. The number of sulfone groups is 1. The van der Waals surface area contributed by atoms with E-state index in [2.05, 4.69) is 16.7 Å². The second-order valence-corrected chi connectivity index (χ2v) is 9.31. The Morgan fingerprint density at radius 1 is 1.08 bits per heavy atom. The van der Waals surface area contributed by atoms with E-state index in [0.29, 0.717) is 0 Å². The summed E-state index contributed by atoms with van der Waals surface area (Å²) in [5.74, 6) is 1.42. The van der Waals surface area contributed by atoms with Gasteiger partial charge in [0, 0.05) is 32.7 Å². The molecule has 2 aliphatic heterocycles. The molecule has 0 amide bonds. The van der Waals surface area contributed by atoms with E-state index >= 15 is 0 Å². The Kier molecular flexibility index (Phi) is 5.76. The minimum absolute atomic E-state index is 0.0724. The number of benzene rings is 1. The van der Waals surface area contributed by atoms with Gasteiger partial charge >= 0.3 is 0 Å². The van der Waals surface area contributed by atoms with Crippen molar-refractivity contribution in [2.45, 2.75) is 25.6 Å². The van der Waals surface area contributed by atoms with Crippen LogP contribution in [0.5, 0.6) is 11.5 Å². The Morgan fingerprint density at radius 2 is 1.69 bits per heavy atom. The minimum atomic E-state index is -3.11. The van der Waals surface area contributed by atoms with E-state index in [0.717, 1.165) is 49.8 Å². The lowest BCUT2D eigenvalue weighted by Gasteiger charge is -2.38. The quantitative estimate of drug-likeness (QED) is 0.782. The van der Waals surface area contributed by atoms with Crippen molar-refractivity contribution in [3.8, 4) is 11.5 Å². The molecular weight excluding hydrogens is 356 g/mol. The molecule has 26 heavy (non-hydrogen) atoms. The normalized spacial score (nSPS) is 26.8. The molecule has 0 bridgehead atoms. The minimum Gasteiger partial charge on any atom is -0.493 e. The van der Waals surface area contributed by atoms with E-state index in [1.165, 1.54) is 5.56 Å². The lowest BCUT2D eigenvalue weighted by atomic mass is 10.1. The van der Waals surface area contributed by atoms with Crippen LogP contribution < -0.4 is 9.47 Å². The van der Waals surface area contributed by atoms with Crippen LogP contribution in [0.25, 0.3) is 0 Å². The number of aryl methyl sites for hydroxylation is 1. The summed E-state index contributed by atoms with van der Waals surface area (Å²) in [6.45, 7) is 6.10. The molecule has 1 aromatic rings. The standard InChI is InChI=1S/C18H28N2O5S/c1-13-8-17(24-2)18(25-3)9-14(13)10-19-4-6-20(7-5-19)15-11-26(22,23)12-16(15)21/h8-9,15-16,21H,4-7,10-12H2,1-3H3/t15-,16-/m1/s1. The van der Waals surface area contributed by atoms with E-state index in [1.54, 1.807) is 14.2 Å². The van der Waals surface area contributed by atoms with Crippen LogP contribution in [0.4, 0.5) is 0 Å². The van der Waals surface area contributed by atoms with Crippen molar-refractivity contribution in [1.29, 1.82) is 0 Å². The van der Waals surface area contributed by atoms with Crippen molar-refractivity contribution < 1.29 is 23.0 Å². The van der Waals surface area contributed by atoms with Crippen molar-refractivity contribution >= 4 is 9.84 Å². The largest absolute Gasteiger partial charge is 0.493 e. The number of methoxy groups -OCH3 is 2. The molecule has 0 radical (unpaired) electrons. The summed E-state index contributed by atoms with van der Waals surface area (Å²) in [5, 5.41) is 10.1. The predicted molar refractivity (Wildman–Crippen MR) is 99.6 cm³/mol. The van der Waals surface area contributed by atoms with E-state index in [1.807, 2.05) is 12.1 Å². The van der Waals surface area contributed by atoms with Crippen molar-refractivity contribution in [2.24, 2.45) is 0 Å². The molecule has 3 rings (SSSR count). The fourth-order valence-electron chi connectivity index (χ4n) is 3.85. The molecule has 0 aliphatic carbocycles. The third-order valence-electron chi connectivity index (χ3n) is 5.41.